The van der Waals surface area contributed by atoms with Gasteiger partial charge in [-0.25, -0.2) is 9.78 Å². The number of benzene rings is 1. The summed E-state index contributed by atoms with van der Waals surface area (Å²) in [6.07, 6.45) is 1.07. The molecule has 1 aromatic carbocycles. The van der Waals surface area contributed by atoms with Gasteiger partial charge in [-0.05, 0) is 12.1 Å². The smallest absolute Gasteiger partial charge is 0.347 e. The van der Waals surface area contributed by atoms with Gasteiger partial charge in [0, 0.05) is 0 Å². The second kappa shape index (κ2) is 5.22. The van der Waals surface area contributed by atoms with E-state index in [9.17, 15) is 14.7 Å². The number of aromatic nitrogens is 2. The minimum atomic E-state index is -0.916. The first-order chi connectivity index (χ1) is 9.47. The van der Waals surface area contributed by atoms with E-state index in [0.717, 1.165) is 18.0 Å². The molecule has 104 valence electrons. The molecule has 0 saturated heterocycles. The van der Waals surface area contributed by atoms with E-state index in [-0.39, 0.29) is 22.3 Å². The molecule has 3 N–H and O–H groups in total. The molecular weight excluding hydrogens is 286 g/mol. The van der Waals surface area contributed by atoms with Crippen molar-refractivity contribution in [2.24, 2.45) is 0 Å². The van der Waals surface area contributed by atoms with Crippen molar-refractivity contribution >= 4 is 23.4 Å². The molecule has 2 aromatic rings. The van der Waals surface area contributed by atoms with Crippen molar-refractivity contribution < 1.29 is 14.6 Å². The maximum absolute atomic E-state index is 12.3. The number of aromatic hydroxyl groups is 1. The predicted octanol–water partition coefficient (Wildman–Crippen LogP) is 0.960. The van der Waals surface area contributed by atoms with E-state index in [0.29, 0.717) is 0 Å². The number of carbonyl (C=O) groups is 1. The molecule has 7 nitrogen and oxygen atoms in total. The van der Waals surface area contributed by atoms with E-state index in [1.165, 1.54) is 18.2 Å². The molecule has 0 saturated carbocycles. The molecule has 20 heavy (non-hydrogen) atoms. The third-order valence-electron chi connectivity index (χ3n) is 2.60. The second-order valence-electron chi connectivity index (χ2n) is 3.78. The predicted molar refractivity (Wildman–Crippen MR) is 72.3 cm³/mol. The van der Waals surface area contributed by atoms with E-state index in [4.69, 9.17) is 17.3 Å². The molecule has 0 spiro atoms. The van der Waals surface area contributed by atoms with Crippen LogP contribution in [0.5, 0.6) is 5.75 Å². The molecule has 0 fully saturated rings. The summed E-state index contributed by atoms with van der Waals surface area (Å²) in [5, 5.41) is 9.93. The Kier molecular flexibility index (Phi) is 3.62. The highest BCUT2D eigenvalue weighted by atomic mass is 35.5. The molecule has 8 heteroatoms. The highest BCUT2D eigenvalue weighted by molar-refractivity contribution is 6.32. The maximum Gasteiger partial charge on any atom is 0.347 e. The fourth-order valence-corrected chi connectivity index (χ4v) is 1.92. The van der Waals surface area contributed by atoms with Gasteiger partial charge >= 0.3 is 5.97 Å². The third-order valence-corrected chi connectivity index (χ3v) is 2.90. The quantitative estimate of drug-likeness (QED) is 0.799. The summed E-state index contributed by atoms with van der Waals surface area (Å²) >= 11 is 5.95. The van der Waals surface area contributed by atoms with Crippen molar-refractivity contribution in [3.63, 3.8) is 0 Å². The summed E-state index contributed by atoms with van der Waals surface area (Å²) in [7, 11) is 1.12. The maximum atomic E-state index is 12.3. The van der Waals surface area contributed by atoms with E-state index in [2.05, 4.69) is 9.72 Å². The largest absolute Gasteiger partial charge is 0.506 e. The fourth-order valence-electron chi connectivity index (χ4n) is 1.66. The Morgan fingerprint density at radius 1 is 1.50 bits per heavy atom. The minimum absolute atomic E-state index is 0.0109. The van der Waals surface area contributed by atoms with Crippen molar-refractivity contribution in [1.29, 1.82) is 0 Å². The number of phenolic OH excluding ortho intramolecular Hbond substituents is 1. The summed E-state index contributed by atoms with van der Waals surface area (Å²) < 4.78 is 5.41. The summed E-state index contributed by atoms with van der Waals surface area (Å²) in [5.74, 6) is -1.41. The Morgan fingerprint density at radius 3 is 2.80 bits per heavy atom. The average molecular weight is 296 g/mol. The van der Waals surface area contributed by atoms with Gasteiger partial charge in [-0.3, -0.25) is 9.36 Å². The second-order valence-corrected chi connectivity index (χ2v) is 4.19. The molecule has 2 rings (SSSR count). The van der Waals surface area contributed by atoms with Crippen LogP contribution >= 0.6 is 11.6 Å². The first kappa shape index (κ1) is 13.9. The first-order valence-electron chi connectivity index (χ1n) is 5.40. The number of anilines is 1. The van der Waals surface area contributed by atoms with Gasteiger partial charge in [0.25, 0.3) is 5.56 Å². The number of para-hydroxylation sites is 1. The number of methoxy groups -OCH3 is 1. The van der Waals surface area contributed by atoms with Crippen molar-refractivity contribution in [1.82, 2.24) is 9.55 Å². The van der Waals surface area contributed by atoms with Crippen LogP contribution < -0.4 is 11.3 Å². The Bertz CT molecular complexity index is 722. The lowest BCUT2D eigenvalue weighted by atomic mass is 10.2. The zero-order valence-corrected chi connectivity index (χ0v) is 11.1. The lowest BCUT2D eigenvalue weighted by Gasteiger charge is -2.11. The Hall–Kier alpha value is -2.54. The van der Waals surface area contributed by atoms with Gasteiger partial charge in [-0.1, -0.05) is 17.7 Å². The highest BCUT2D eigenvalue weighted by Gasteiger charge is 2.21. The van der Waals surface area contributed by atoms with Crippen LogP contribution in [0.25, 0.3) is 5.69 Å². The fraction of sp³-hybridized carbons (Fsp3) is 0.0833. The van der Waals surface area contributed by atoms with Crippen LogP contribution in [-0.4, -0.2) is 27.7 Å². The molecule has 0 bridgehead atoms. The van der Waals surface area contributed by atoms with Crippen molar-refractivity contribution in [3.8, 4) is 11.4 Å². The number of esters is 1. The SMILES string of the molecule is COC(=O)c1c(N)ncn(-c2c(O)cccc2Cl)c1=O. The van der Waals surface area contributed by atoms with Gasteiger partial charge < -0.3 is 15.6 Å². The van der Waals surface area contributed by atoms with Crippen LogP contribution in [0.4, 0.5) is 5.82 Å². The number of hydrogen-bond acceptors (Lipinski definition) is 6. The van der Waals surface area contributed by atoms with Crippen molar-refractivity contribution in [2.75, 3.05) is 12.8 Å². The van der Waals surface area contributed by atoms with E-state index in [1.54, 1.807) is 0 Å². The number of rotatable bonds is 2. The van der Waals surface area contributed by atoms with Crippen LogP contribution in [0.15, 0.2) is 29.3 Å². The normalized spacial score (nSPS) is 10.3. The first-order valence-corrected chi connectivity index (χ1v) is 5.78. The van der Waals surface area contributed by atoms with Crippen LogP contribution in [0.3, 0.4) is 0 Å². The lowest BCUT2D eigenvalue weighted by molar-refractivity contribution is 0.0599. The Balaban J connectivity index is 2.78. The molecule has 0 radical (unpaired) electrons. The monoisotopic (exact) mass is 295 g/mol. The molecule has 0 aliphatic rings. The summed E-state index contributed by atoms with van der Waals surface area (Å²) in [6, 6.07) is 4.34. The topological polar surface area (TPSA) is 107 Å². The average Bonchev–Trinajstić information content (AvgIpc) is 2.40. The number of halogens is 1. The zero-order valence-electron chi connectivity index (χ0n) is 10.3. The number of nitrogens with two attached hydrogens (primary N) is 1. The van der Waals surface area contributed by atoms with Crippen LogP contribution in [-0.2, 0) is 4.74 Å². The molecule has 0 atom stereocenters. The number of hydrogen-bond donors (Lipinski definition) is 2. The van der Waals surface area contributed by atoms with Gasteiger partial charge in [0.2, 0.25) is 0 Å². The number of ether oxygens (including phenoxy) is 1. The minimum Gasteiger partial charge on any atom is -0.506 e. The molecule has 1 heterocycles. The van der Waals surface area contributed by atoms with Gasteiger partial charge in [-0.2, -0.15) is 0 Å². The molecule has 0 amide bonds. The van der Waals surface area contributed by atoms with E-state index >= 15 is 0 Å². The summed E-state index contributed by atoms with van der Waals surface area (Å²) in [4.78, 5) is 27.6. The molecule has 0 aliphatic heterocycles. The molecule has 0 aliphatic carbocycles. The van der Waals surface area contributed by atoms with Crippen LogP contribution in [0.1, 0.15) is 10.4 Å². The Labute approximate surface area is 118 Å². The standard InChI is InChI=1S/C12H10ClN3O4/c1-20-12(19)8-10(14)15-5-16(11(8)18)9-6(13)3-2-4-7(9)17/h2-5,17H,14H2,1H3. The molecule has 0 unspecified atom stereocenters. The van der Waals surface area contributed by atoms with E-state index in [1.807, 2.05) is 0 Å². The Morgan fingerprint density at radius 2 is 2.20 bits per heavy atom. The van der Waals surface area contributed by atoms with Gasteiger partial charge in [0.05, 0.1) is 12.1 Å². The van der Waals surface area contributed by atoms with Crippen LogP contribution in [0, 0.1) is 0 Å². The lowest BCUT2D eigenvalue weighted by Crippen LogP contribution is -2.28. The number of nitrogen functional groups attached to an aromatic ring is 1. The van der Waals surface area contributed by atoms with Crippen molar-refractivity contribution in [3.05, 3.63) is 45.5 Å². The highest BCUT2D eigenvalue weighted by Crippen LogP contribution is 2.28. The van der Waals surface area contributed by atoms with Crippen molar-refractivity contribution in [2.45, 2.75) is 0 Å². The summed E-state index contributed by atoms with van der Waals surface area (Å²) in [6.45, 7) is 0. The third kappa shape index (κ3) is 2.19. The van der Waals surface area contributed by atoms with Gasteiger partial charge in [0.1, 0.15) is 23.6 Å². The summed E-state index contributed by atoms with van der Waals surface area (Å²) in [5.41, 5.74) is 4.30. The number of nitrogens with zero attached hydrogens (tertiary/aromatic N) is 2. The van der Waals surface area contributed by atoms with Gasteiger partial charge in [0.15, 0.2) is 5.56 Å². The number of carbonyl (C=O) groups excluding carboxylic acids is 1. The zero-order chi connectivity index (χ0) is 14.9. The molecule has 1 aromatic heterocycles. The van der Waals surface area contributed by atoms with Gasteiger partial charge in [-0.15, -0.1) is 0 Å². The van der Waals surface area contributed by atoms with E-state index < -0.39 is 17.1 Å². The number of phenols is 1. The van der Waals surface area contributed by atoms with Crippen LogP contribution in [0.2, 0.25) is 5.02 Å². The molecular formula is C12H10ClN3O4.